The second-order valence-electron chi connectivity index (χ2n) is 8.61. The number of ether oxygens (including phenoxy) is 1. The predicted molar refractivity (Wildman–Crippen MR) is 121 cm³/mol. The van der Waals surface area contributed by atoms with Crippen LogP contribution in [0.4, 0.5) is 0 Å². The molecular formula is C23H26N4O4S. The molecule has 3 aromatic rings. The summed E-state index contributed by atoms with van der Waals surface area (Å²) in [5.74, 6) is 0.123. The van der Waals surface area contributed by atoms with Gasteiger partial charge < -0.3 is 9.64 Å². The van der Waals surface area contributed by atoms with Crippen molar-refractivity contribution in [3.8, 4) is 11.3 Å². The maximum Gasteiger partial charge on any atom is 0.254 e. The fourth-order valence-electron chi connectivity index (χ4n) is 4.51. The Hall–Kier alpha value is -2.78. The molecule has 168 valence electrons. The molecule has 4 heterocycles. The van der Waals surface area contributed by atoms with Crippen molar-refractivity contribution in [3.63, 3.8) is 0 Å². The number of fused-ring (bicyclic) bond motifs is 1. The molecule has 0 N–H and O–H groups in total. The predicted octanol–water partition coefficient (Wildman–Crippen LogP) is 2.55. The van der Waals surface area contributed by atoms with E-state index in [1.165, 1.54) is 0 Å². The molecule has 1 aromatic carbocycles. The molecule has 1 atom stereocenters. The third-order valence-corrected chi connectivity index (χ3v) is 8.02. The summed E-state index contributed by atoms with van der Waals surface area (Å²) in [4.78, 5) is 20.2. The van der Waals surface area contributed by atoms with E-state index in [0.29, 0.717) is 60.7 Å². The average Bonchev–Trinajstić information content (AvgIpc) is 3.32. The molecule has 0 spiro atoms. The van der Waals surface area contributed by atoms with Crippen LogP contribution in [0.3, 0.4) is 0 Å². The zero-order valence-electron chi connectivity index (χ0n) is 18.2. The topological polar surface area (TPSA) is 94.4 Å². The third-order valence-electron chi connectivity index (χ3n) is 6.27. The Kier molecular flexibility index (Phi) is 5.25. The number of hydrogen-bond donors (Lipinski definition) is 0. The lowest BCUT2D eigenvalue weighted by Gasteiger charge is -2.27. The Bertz CT molecular complexity index is 1290. The molecule has 2 aliphatic heterocycles. The number of nitrogens with zero attached hydrogens (tertiary/aromatic N) is 4. The summed E-state index contributed by atoms with van der Waals surface area (Å²) in [5.41, 5.74) is 4.52. The summed E-state index contributed by atoms with van der Waals surface area (Å²) in [7, 11) is -3.09. The number of aromatic nitrogens is 3. The van der Waals surface area contributed by atoms with Gasteiger partial charge in [-0.1, -0.05) is 29.8 Å². The highest BCUT2D eigenvalue weighted by Gasteiger charge is 2.33. The quantitative estimate of drug-likeness (QED) is 0.604. The van der Waals surface area contributed by atoms with Crippen LogP contribution in [0.5, 0.6) is 0 Å². The Labute approximate surface area is 187 Å². The largest absolute Gasteiger partial charge is 0.378 e. The van der Waals surface area contributed by atoms with Gasteiger partial charge in [0.05, 0.1) is 53.1 Å². The molecule has 32 heavy (non-hydrogen) atoms. The molecule has 0 bridgehead atoms. The Morgan fingerprint density at radius 2 is 1.84 bits per heavy atom. The molecule has 2 aromatic heterocycles. The second-order valence-corrected chi connectivity index (χ2v) is 10.8. The van der Waals surface area contributed by atoms with Crippen LogP contribution >= 0.6 is 0 Å². The highest BCUT2D eigenvalue weighted by atomic mass is 32.2. The van der Waals surface area contributed by atoms with Crippen molar-refractivity contribution >= 4 is 26.8 Å². The average molecular weight is 455 g/mol. The van der Waals surface area contributed by atoms with E-state index in [1.807, 2.05) is 44.2 Å². The number of sulfone groups is 1. The molecule has 2 aliphatic rings. The molecule has 8 nitrogen and oxygen atoms in total. The molecule has 2 saturated heterocycles. The first-order valence-corrected chi connectivity index (χ1v) is 12.7. The van der Waals surface area contributed by atoms with E-state index in [-0.39, 0.29) is 23.5 Å². The van der Waals surface area contributed by atoms with Gasteiger partial charge in [-0.3, -0.25) is 4.79 Å². The number of aryl methyl sites for hydroxylation is 2. The van der Waals surface area contributed by atoms with Crippen molar-refractivity contribution in [3.05, 3.63) is 47.2 Å². The highest BCUT2D eigenvalue weighted by Crippen LogP contribution is 2.32. The van der Waals surface area contributed by atoms with Gasteiger partial charge in [0.2, 0.25) is 0 Å². The van der Waals surface area contributed by atoms with Crippen LogP contribution in [0.2, 0.25) is 0 Å². The number of hydrogen-bond acceptors (Lipinski definition) is 6. The van der Waals surface area contributed by atoms with Crippen LogP contribution in [-0.2, 0) is 14.6 Å². The Morgan fingerprint density at radius 3 is 2.50 bits per heavy atom. The number of rotatable bonds is 3. The van der Waals surface area contributed by atoms with Gasteiger partial charge in [-0.05, 0) is 26.3 Å². The van der Waals surface area contributed by atoms with E-state index < -0.39 is 9.84 Å². The summed E-state index contributed by atoms with van der Waals surface area (Å²) in [6, 6.07) is 9.56. The Balaban J connectivity index is 1.70. The summed E-state index contributed by atoms with van der Waals surface area (Å²) < 4.78 is 31.4. The normalized spacial score (nSPS) is 20.7. The van der Waals surface area contributed by atoms with Gasteiger partial charge in [0.1, 0.15) is 0 Å². The zero-order chi connectivity index (χ0) is 22.5. The van der Waals surface area contributed by atoms with Gasteiger partial charge >= 0.3 is 0 Å². The van der Waals surface area contributed by atoms with Crippen LogP contribution in [-0.4, -0.2) is 71.8 Å². The Morgan fingerprint density at radius 1 is 1.12 bits per heavy atom. The first-order valence-electron chi connectivity index (χ1n) is 10.9. The van der Waals surface area contributed by atoms with E-state index in [9.17, 15) is 13.2 Å². The van der Waals surface area contributed by atoms with Crippen molar-refractivity contribution < 1.29 is 17.9 Å². The van der Waals surface area contributed by atoms with E-state index in [0.717, 1.165) is 11.1 Å². The SMILES string of the molecule is Cc1ccc(-c2cc(C(=O)N3CCOCC3)c3c(C)nn([C@@H]4CCS(=O)(=O)C4)c3n2)cc1. The zero-order valence-corrected chi connectivity index (χ0v) is 19.1. The third kappa shape index (κ3) is 3.80. The van der Waals surface area contributed by atoms with Gasteiger partial charge in [0.25, 0.3) is 5.91 Å². The van der Waals surface area contributed by atoms with Crippen LogP contribution in [0, 0.1) is 13.8 Å². The minimum atomic E-state index is -3.09. The highest BCUT2D eigenvalue weighted by molar-refractivity contribution is 7.91. The van der Waals surface area contributed by atoms with Gasteiger partial charge in [0.15, 0.2) is 15.5 Å². The fraction of sp³-hybridized carbons (Fsp3) is 0.435. The number of benzene rings is 1. The number of amides is 1. The van der Waals surface area contributed by atoms with E-state index in [1.54, 1.807) is 9.58 Å². The van der Waals surface area contributed by atoms with Crippen LogP contribution < -0.4 is 0 Å². The number of carbonyl (C=O) groups is 1. The molecule has 0 aliphatic carbocycles. The number of carbonyl (C=O) groups excluding carboxylic acids is 1. The number of morpholine rings is 1. The van der Waals surface area contributed by atoms with Gasteiger partial charge in [-0.2, -0.15) is 5.10 Å². The van der Waals surface area contributed by atoms with Crippen molar-refractivity contribution in [2.75, 3.05) is 37.8 Å². The molecular weight excluding hydrogens is 428 g/mol. The maximum absolute atomic E-state index is 13.5. The van der Waals surface area contributed by atoms with Gasteiger partial charge in [-0.25, -0.2) is 18.1 Å². The van der Waals surface area contributed by atoms with Gasteiger partial charge in [0, 0.05) is 18.7 Å². The summed E-state index contributed by atoms with van der Waals surface area (Å²) in [5, 5.41) is 5.36. The molecule has 9 heteroatoms. The molecule has 0 saturated carbocycles. The molecule has 2 fully saturated rings. The number of pyridine rings is 1. The van der Waals surface area contributed by atoms with Crippen LogP contribution in [0.1, 0.15) is 34.1 Å². The van der Waals surface area contributed by atoms with Crippen molar-refractivity contribution in [2.45, 2.75) is 26.3 Å². The lowest BCUT2D eigenvalue weighted by molar-refractivity contribution is 0.0304. The van der Waals surface area contributed by atoms with E-state index in [2.05, 4.69) is 5.10 Å². The van der Waals surface area contributed by atoms with Crippen LogP contribution in [0.25, 0.3) is 22.3 Å². The van der Waals surface area contributed by atoms with Crippen molar-refractivity contribution in [1.29, 1.82) is 0 Å². The minimum absolute atomic E-state index is 0.0480. The molecule has 0 radical (unpaired) electrons. The minimum Gasteiger partial charge on any atom is -0.378 e. The monoisotopic (exact) mass is 454 g/mol. The van der Waals surface area contributed by atoms with Gasteiger partial charge in [-0.15, -0.1) is 0 Å². The van der Waals surface area contributed by atoms with E-state index in [4.69, 9.17) is 9.72 Å². The molecule has 1 amide bonds. The summed E-state index contributed by atoms with van der Waals surface area (Å²) in [6.07, 6.45) is 0.502. The first kappa shape index (κ1) is 21.1. The standard InChI is InChI=1S/C23H26N4O4S/c1-15-3-5-17(6-4-15)20-13-19(23(28)26-8-10-31-11-9-26)21-16(2)25-27(22(21)24-20)18-7-12-32(29,30)14-18/h3-6,13,18H,7-12,14H2,1-2H3/t18-/m1/s1. The van der Waals surface area contributed by atoms with E-state index >= 15 is 0 Å². The lowest BCUT2D eigenvalue weighted by Crippen LogP contribution is -2.40. The second kappa shape index (κ2) is 7.97. The lowest BCUT2D eigenvalue weighted by atomic mass is 10.0. The molecule has 5 rings (SSSR count). The van der Waals surface area contributed by atoms with Crippen molar-refractivity contribution in [1.82, 2.24) is 19.7 Å². The first-order chi connectivity index (χ1) is 15.3. The smallest absolute Gasteiger partial charge is 0.254 e. The summed E-state index contributed by atoms with van der Waals surface area (Å²) in [6.45, 7) is 5.98. The summed E-state index contributed by atoms with van der Waals surface area (Å²) >= 11 is 0. The molecule has 0 unspecified atom stereocenters. The van der Waals surface area contributed by atoms with Crippen molar-refractivity contribution in [2.24, 2.45) is 0 Å². The maximum atomic E-state index is 13.5. The fourth-order valence-corrected chi connectivity index (χ4v) is 6.21. The van der Waals surface area contributed by atoms with Crippen LogP contribution in [0.15, 0.2) is 30.3 Å².